The molecule has 6 aromatic rings. The Morgan fingerprint density at radius 2 is 1.08 bits per heavy atom. The Morgan fingerprint density at radius 3 is 1.55 bits per heavy atom. The average molecular weight is 777 g/mol. The Kier molecular flexibility index (Phi) is 9.62. The second kappa shape index (κ2) is 13.9. The molecule has 19 heteroatoms. The molecule has 0 aromatic heterocycles. The molecule has 0 fully saturated rings. The molecule has 6 aromatic carbocycles. The zero-order chi connectivity index (χ0) is 38.3. The molecular formula is C34H28N6O10S3. The number of aromatic hydroxyl groups is 2. The van der Waals surface area contributed by atoms with Gasteiger partial charge >= 0.3 is 0 Å². The molecule has 53 heavy (non-hydrogen) atoms. The van der Waals surface area contributed by atoms with E-state index in [9.17, 15) is 40.0 Å². The van der Waals surface area contributed by atoms with Crippen LogP contribution >= 0.6 is 0 Å². The van der Waals surface area contributed by atoms with E-state index >= 15 is 0 Å². The van der Waals surface area contributed by atoms with Gasteiger partial charge in [0, 0.05) is 27.7 Å². The van der Waals surface area contributed by atoms with Gasteiger partial charge in [-0.15, -0.1) is 10.2 Å². The van der Waals surface area contributed by atoms with Crippen molar-refractivity contribution in [2.75, 3.05) is 18.6 Å². The number of phenols is 2. The third-order valence-corrected chi connectivity index (χ3v) is 11.7. The van der Waals surface area contributed by atoms with Crippen molar-refractivity contribution in [3.05, 3.63) is 103 Å². The van der Waals surface area contributed by atoms with Gasteiger partial charge in [0.1, 0.15) is 22.0 Å². The largest absolute Gasteiger partial charge is 0.505 e. The number of hydrogen-bond donors (Lipinski definition) is 5. The molecule has 7 N–H and O–H groups in total. The van der Waals surface area contributed by atoms with Crippen LogP contribution in [0.5, 0.6) is 11.5 Å². The van der Waals surface area contributed by atoms with Gasteiger partial charge in [0.05, 0.1) is 28.3 Å². The van der Waals surface area contributed by atoms with E-state index in [0.717, 1.165) is 7.11 Å². The molecule has 0 saturated heterocycles. The highest BCUT2D eigenvalue weighted by Crippen LogP contribution is 2.45. The van der Waals surface area contributed by atoms with Gasteiger partial charge in [0.2, 0.25) is 9.84 Å². The maximum atomic E-state index is 13.4. The van der Waals surface area contributed by atoms with Crippen LogP contribution in [0, 0.1) is 0 Å². The lowest BCUT2D eigenvalue weighted by atomic mass is 10.0. The quantitative estimate of drug-likeness (QED) is 0.0409. The number of sulfone groups is 1. The van der Waals surface area contributed by atoms with E-state index in [0.29, 0.717) is 10.8 Å². The first-order chi connectivity index (χ1) is 25.0. The number of nitrogen functional groups attached to an aromatic ring is 2. The minimum atomic E-state index is -4.53. The van der Waals surface area contributed by atoms with E-state index < -0.39 is 57.9 Å². The summed E-state index contributed by atoms with van der Waals surface area (Å²) in [4.78, 5) is -0.700. The zero-order valence-electron chi connectivity index (χ0n) is 27.3. The first-order valence-electron chi connectivity index (χ1n) is 15.1. The predicted octanol–water partition coefficient (Wildman–Crippen LogP) is 6.96. The number of benzene rings is 6. The smallest absolute Gasteiger partial charge is 0.299 e. The number of nitrogens with two attached hydrogens (primary N) is 2. The normalized spacial score (nSPS) is 12.7. The molecule has 0 aliphatic rings. The SMILES string of the molecule is COS(=O)(=O)c1cc2cccc(N)c2c(O)c1N=Nc1ccc(S(=O)(=O)c2ccc(N=Nc3c(CS(=O)(=O)O)cc4cccc(N)c4c3O)cc2)cc1. The van der Waals surface area contributed by atoms with Crippen LogP contribution in [-0.4, -0.2) is 47.1 Å². The number of fused-ring (bicyclic) bond motifs is 2. The fourth-order valence-corrected chi connectivity index (χ4v) is 8.17. The first-order valence-corrected chi connectivity index (χ1v) is 19.6. The molecule has 0 atom stereocenters. The van der Waals surface area contributed by atoms with Crippen LogP contribution in [0.15, 0.2) is 132 Å². The molecule has 0 aliphatic heterocycles. The molecular weight excluding hydrogens is 749 g/mol. The van der Waals surface area contributed by atoms with Gasteiger partial charge in [-0.3, -0.25) is 8.74 Å². The fraction of sp³-hybridized carbons (Fsp3) is 0.0588. The number of phenolic OH excluding ortho intramolecular Hbond substituents is 2. The van der Waals surface area contributed by atoms with Gasteiger partial charge in [0.25, 0.3) is 20.2 Å². The molecule has 0 saturated carbocycles. The Labute approximate surface area is 302 Å². The topological polar surface area (TPSA) is 274 Å². The van der Waals surface area contributed by atoms with Gasteiger partial charge < -0.3 is 21.7 Å². The number of nitrogens with zero attached hydrogens (tertiary/aromatic N) is 4. The number of rotatable bonds is 10. The van der Waals surface area contributed by atoms with Crippen molar-refractivity contribution in [3.63, 3.8) is 0 Å². The summed E-state index contributed by atoms with van der Waals surface area (Å²) in [5.41, 5.74) is 11.9. The summed E-state index contributed by atoms with van der Waals surface area (Å²) < 4.78 is 89.7. The van der Waals surface area contributed by atoms with Crippen molar-refractivity contribution in [2.24, 2.45) is 20.5 Å². The van der Waals surface area contributed by atoms with Crippen molar-refractivity contribution in [1.82, 2.24) is 0 Å². The Balaban J connectivity index is 1.27. The number of hydrogen-bond acceptors (Lipinski definition) is 15. The maximum Gasteiger partial charge on any atom is 0.299 e. The zero-order valence-corrected chi connectivity index (χ0v) is 29.8. The predicted molar refractivity (Wildman–Crippen MR) is 196 cm³/mol. The molecule has 0 radical (unpaired) electrons. The van der Waals surface area contributed by atoms with Crippen LogP contribution in [0.25, 0.3) is 21.5 Å². The Hall–Kier alpha value is -5.99. The molecule has 16 nitrogen and oxygen atoms in total. The Morgan fingerprint density at radius 1 is 0.623 bits per heavy atom. The van der Waals surface area contributed by atoms with Crippen molar-refractivity contribution >= 4 is 85.7 Å². The number of anilines is 2. The van der Waals surface area contributed by atoms with Gasteiger partial charge in [-0.25, -0.2) is 8.42 Å². The lowest BCUT2D eigenvalue weighted by Gasteiger charge is -2.11. The Bertz CT molecular complexity index is 2830. The summed E-state index contributed by atoms with van der Waals surface area (Å²) in [7, 11) is -12.0. The highest BCUT2D eigenvalue weighted by molar-refractivity contribution is 7.91. The van der Waals surface area contributed by atoms with E-state index in [1.807, 2.05) is 0 Å². The molecule has 0 amide bonds. The van der Waals surface area contributed by atoms with Gasteiger partial charge in [0.15, 0.2) is 11.5 Å². The minimum Gasteiger partial charge on any atom is -0.505 e. The number of azo groups is 2. The van der Waals surface area contributed by atoms with Crippen LogP contribution in [0.1, 0.15) is 5.56 Å². The van der Waals surface area contributed by atoms with E-state index in [2.05, 4.69) is 24.6 Å². The van der Waals surface area contributed by atoms with E-state index in [-0.39, 0.29) is 54.6 Å². The fourth-order valence-electron chi connectivity index (χ4n) is 5.47. The van der Waals surface area contributed by atoms with Gasteiger partial charge in [-0.2, -0.15) is 27.1 Å². The summed E-state index contributed by atoms with van der Waals surface area (Å²) in [5.74, 6) is -1.86. The van der Waals surface area contributed by atoms with Crippen molar-refractivity contribution in [2.45, 2.75) is 20.4 Å². The second-order valence-electron chi connectivity index (χ2n) is 11.4. The van der Waals surface area contributed by atoms with Crippen LogP contribution in [0.4, 0.5) is 34.1 Å². The molecule has 0 heterocycles. The monoisotopic (exact) mass is 776 g/mol. The van der Waals surface area contributed by atoms with Crippen LogP contribution < -0.4 is 11.5 Å². The maximum absolute atomic E-state index is 13.4. The summed E-state index contributed by atoms with van der Waals surface area (Å²) in [6.07, 6.45) is 0. The molecule has 6 rings (SSSR count). The summed E-state index contributed by atoms with van der Waals surface area (Å²) >= 11 is 0. The third-order valence-electron chi connectivity index (χ3n) is 7.99. The summed E-state index contributed by atoms with van der Waals surface area (Å²) in [6.45, 7) is 0. The van der Waals surface area contributed by atoms with Crippen molar-refractivity contribution in [3.8, 4) is 11.5 Å². The van der Waals surface area contributed by atoms with E-state index in [1.54, 1.807) is 24.3 Å². The van der Waals surface area contributed by atoms with Crippen LogP contribution in [-0.2, 0) is 40.0 Å². The van der Waals surface area contributed by atoms with Gasteiger partial charge in [-0.1, -0.05) is 24.3 Å². The van der Waals surface area contributed by atoms with Gasteiger partial charge in [-0.05, 0) is 83.6 Å². The standard InChI is InChI=1S/C34H28N6O10S3/c1-50-53(48,49)28-17-20-5-3-7-27(36)30(20)34(42)32(28)40-38-23-10-14-25(15-11-23)52(46,47)24-12-8-22(9-13-24)37-39-31-21(18-51(43,44)45)16-19-4-2-6-26(35)29(19)33(31)41/h2-17,41-42H,18,35-36H2,1H3,(H,43,44,45). The molecule has 0 unspecified atom stereocenters. The lowest BCUT2D eigenvalue weighted by molar-refractivity contribution is 0.397. The molecule has 0 spiro atoms. The minimum absolute atomic E-state index is 0.0479. The highest BCUT2D eigenvalue weighted by Gasteiger charge is 2.25. The van der Waals surface area contributed by atoms with Crippen LogP contribution in [0.3, 0.4) is 0 Å². The van der Waals surface area contributed by atoms with Crippen molar-refractivity contribution < 1.29 is 44.2 Å². The van der Waals surface area contributed by atoms with Crippen molar-refractivity contribution in [1.29, 1.82) is 0 Å². The highest BCUT2D eigenvalue weighted by atomic mass is 32.2. The summed E-state index contributed by atoms with van der Waals surface area (Å²) in [6, 6.07) is 22.4. The third kappa shape index (κ3) is 7.36. The first kappa shape index (κ1) is 36.8. The molecule has 0 bridgehead atoms. The molecule has 0 aliphatic carbocycles. The summed E-state index contributed by atoms with van der Waals surface area (Å²) in [5, 5.41) is 39.0. The molecule has 272 valence electrons. The van der Waals surface area contributed by atoms with E-state index in [4.69, 9.17) is 11.5 Å². The van der Waals surface area contributed by atoms with Crippen LogP contribution in [0.2, 0.25) is 0 Å². The second-order valence-corrected chi connectivity index (χ2v) is 16.5. The lowest BCUT2D eigenvalue weighted by Crippen LogP contribution is -2.03. The average Bonchev–Trinajstić information content (AvgIpc) is 3.10. The van der Waals surface area contributed by atoms with E-state index in [1.165, 1.54) is 72.8 Å².